The van der Waals surface area contributed by atoms with E-state index in [1.807, 2.05) is 42.5 Å². The highest BCUT2D eigenvalue weighted by Crippen LogP contribution is 2.65. The first-order chi connectivity index (χ1) is 21.7. The number of fused-ring (bicyclic) bond motifs is 3. The third-order valence-electron chi connectivity index (χ3n) is 11.7. The number of benzene rings is 3. The minimum absolute atomic E-state index is 0.0359. The Hall–Kier alpha value is -3.93. The van der Waals surface area contributed by atoms with Crippen LogP contribution in [0.15, 0.2) is 78.9 Å². The van der Waals surface area contributed by atoms with Crippen LogP contribution in [-0.2, 0) is 34.5 Å². The molecule has 1 aliphatic heterocycles. The third-order valence-corrected chi connectivity index (χ3v) is 11.7. The van der Waals surface area contributed by atoms with Crippen molar-refractivity contribution in [3.8, 4) is 0 Å². The topological polar surface area (TPSA) is 62.5 Å². The Morgan fingerprint density at radius 3 is 2.04 bits per heavy atom. The predicted octanol–water partition coefficient (Wildman–Crippen LogP) is 7.73. The molecular weight excluding hydrogens is 563 g/mol. The summed E-state index contributed by atoms with van der Waals surface area (Å²) >= 11 is 0. The molecule has 5 aliphatic rings. The van der Waals surface area contributed by atoms with Gasteiger partial charge in [0.05, 0.1) is 5.54 Å². The summed E-state index contributed by atoms with van der Waals surface area (Å²) in [6, 6.07) is 24.4. The van der Waals surface area contributed by atoms with Crippen molar-refractivity contribution in [2.24, 2.45) is 23.2 Å². The summed E-state index contributed by atoms with van der Waals surface area (Å²) in [5, 5.41) is 11.6. The molecule has 1 amide bonds. The van der Waals surface area contributed by atoms with Gasteiger partial charge in [0.1, 0.15) is 11.9 Å². The number of rotatable bonds is 7. The molecule has 4 aromatic rings. The number of hydrogen-bond acceptors (Lipinski definition) is 2. The number of carboxylic acids is 1. The third kappa shape index (κ3) is 4.71. The Labute approximate surface area is 264 Å². The van der Waals surface area contributed by atoms with Gasteiger partial charge in [0.25, 0.3) is 0 Å². The number of hydrogen-bond donors (Lipinski definition) is 1. The quantitative estimate of drug-likeness (QED) is 0.235. The van der Waals surface area contributed by atoms with Gasteiger partial charge in [-0.05, 0) is 103 Å². The lowest BCUT2D eigenvalue weighted by Crippen LogP contribution is -2.64. The first-order valence-electron chi connectivity index (χ1n) is 16.7. The van der Waals surface area contributed by atoms with Gasteiger partial charge in [-0.25, -0.2) is 9.18 Å². The lowest BCUT2D eigenvalue weighted by Gasteiger charge is -2.61. The normalized spacial score (nSPS) is 30.0. The minimum atomic E-state index is -1.04. The molecule has 6 heteroatoms. The van der Waals surface area contributed by atoms with E-state index in [0.717, 1.165) is 59.0 Å². The molecule has 4 saturated carbocycles. The van der Waals surface area contributed by atoms with Gasteiger partial charge in [0.15, 0.2) is 0 Å². The van der Waals surface area contributed by atoms with Gasteiger partial charge in [0, 0.05) is 42.9 Å². The number of carbonyl (C=O) groups excluding carboxylic acids is 1. The van der Waals surface area contributed by atoms with Gasteiger partial charge in [0.2, 0.25) is 5.91 Å². The summed E-state index contributed by atoms with van der Waals surface area (Å²) < 4.78 is 17.3. The number of halogens is 1. The van der Waals surface area contributed by atoms with E-state index in [0.29, 0.717) is 30.7 Å². The van der Waals surface area contributed by atoms with Crippen LogP contribution in [0.5, 0.6) is 0 Å². The van der Waals surface area contributed by atoms with Gasteiger partial charge in [-0.3, -0.25) is 4.79 Å². The second-order valence-electron chi connectivity index (χ2n) is 14.8. The van der Waals surface area contributed by atoms with Crippen LogP contribution in [0.25, 0.3) is 10.9 Å². The Balaban J connectivity index is 1.44. The van der Waals surface area contributed by atoms with E-state index in [1.54, 1.807) is 17.9 Å². The van der Waals surface area contributed by atoms with Crippen molar-refractivity contribution in [1.29, 1.82) is 0 Å². The van der Waals surface area contributed by atoms with Gasteiger partial charge < -0.3 is 14.6 Å². The fraction of sp³-hybridized carbons (Fsp3) is 0.436. The maximum atomic E-state index is 15.0. The van der Waals surface area contributed by atoms with E-state index in [4.69, 9.17) is 0 Å². The Morgan fingerprint density at radius 1 is 0.867 bits per heavy atom. The number of aromatic nitrogens is 1. The van der Waals surface area contributed by atoms with Gasteiger partial charge >= 0.3 is 5.97 Å². The Kier molecular flexibility index (Phi) is 6.70. The van der Waals surface area contributed by atoms with Crippen molar-refractivity contribution < 1.29 is 19.1 Å². The van der Waals surface area contributed by atoms with Crippen molar-refractivity contribution in [2.75, 3.05) is 0 Å². The molecule has 2 atom stereocenters. The van der Waals surface area contributed by atoms with Crippen molar-refractivity contribution >= 4 is 22.8 Å². The number of carbonyl (C=O) groups is 2. The molecule has 4 fully saturated rings. The summed E-state index contributed by atoms with van der Waals surface area (Å²) in [6.07, 6.45) is 8.73. The van der Waals surface area contributed by atoms with E-state index in [1.165, 1.54) is 25.3 Å². The largest absolute Gasteiger partial charge is 0.480 e. The monoisotopic (exact) mass is 604 g/mol. The molecule has 0 spiro atoms. The van der Waals surface area contributed by atoms with E-state index in [2.05, 4.69) is 28.8 Å². The summed E-state index contributed by atoms with van der Waals surface area (Å²) in [4.78, 5) is 29.0. The number of carboxylic acid groups (broad SMARTS) is 1. The van der Waals surface area contributed by atoms with Gasteiger partial charge in [-0.1, -0.05) is 60.7 Å². The molecule has 0 unspecified atom stereocenters. The van der Waals surface area contributed by atoms with Gasteiger partial charge in [-0.2, -0.15) is 0 Å². The molecule has 2 heterocycles. The second kappa shape index (κ2) is 10.6. The number of aliphatic carboxylic acids is 1. The molecule has 4 aliphatic carbocycles. The Bertz CT molecular complexity index is 1750. The first-order valence-corrected chi connectivity index (χ1v) is 16.7. The zero-order chi connectivity index (χ0) is 30.9. The average Bonchev–Trinajstić information content (AvgIpc) is 3.29. The molecule has 1 aromatic heterocycles. The fourth-order valence-corrected chi connectivity index (χ4v) is 10.9. The van der Waals surface area contributed by atoms with Crippen LogP contribution in [0.4, 0.5) is 4.39 Å². The lowest BCUT2D eigenvalue weighted by molar-refractivity contribution is -0.163. The summed E-state index contributed by atoms with van der Waals surface area (Å²) in [6.45, 7) is 2.10. The summed E-state index contributed by atoms with van der Waals surface area (Å²) in [7, 11) is 0. The zero-order valence-corrected chi connectivity index (χ0v) is 25.9. The zero-order valence-electron chi connectivity index (χ0n) is 25.9. The van der Waals surface area contributed by atoms with Crippen molar-refractivity contribution in [3.63, 3.8) is 0 Å². The molecule has 1 N–H and O–H groups in total. The molecular formula is C39H41FN2O3. The molecule has 232 valence electrons. The second-order valence-corrected chi connectivity index (χ2v) is 14.8. The predicted molar refractivity (Wildman–Crippen MR) is 172 cm³/mol. The minimum Gasteiger partial charge on any atom is -0.480 e. The van der Waals surface area contributed by atoms with Crippen LogP contribution in [0.3, 0.4) is 0 Å². The van der Waals surface area contributed by atoms with Crippen LogP contribution in [0.2, 0.25) is 0 Å². The van der Waals surface area contributed by atoms with Crippen LogP contribution in [-0.4, -0.2) is 32.5 Å². The maximum Gasteiger partial charge on any atom is 0.326 e. The average molecular weight is 605 g/mol. The van der Waals surface area contributed by atoms with Crippen LogP contribution in [0.1, 0.15) is 74.3 Å². The van der Waals surface area contributed by atoms with Crippen LogP contribution < -0.4 is 0 Å². The standard InChI is InChI=1S/C39H41FN2O3/c1-25(43)42-35(37(44)45)18-33-32-17-31(40)12-13-34(32)41(23-27-10-6-3-7-11-27)36(33)39(42,22-26-8-4-2-5-9-26)24-38-19-28-14-29(20-38)16-30(15-28)21-38/h2-13,17,28-30,35H,14-16,18-24H2,1H3,(H,44,45)/t28?,29?,30?,35-,38?,39-/m0/s1. The van der Waals surface area contributed by atoms with Crippen molar-refractivity contribution in [3.05, 3.63) is 107 Å². The highest BCUT2D eigenvalue weighted by molar-refractivity contribution is 5.91. The number of nitrogens with zero attached hydrogens (tertiary/aromatic N) is 2. The van der Waals surface area contributed by atoms with Gasteiger partial charge in [-0.15, -0.1) is 0 Å². The van der Waals surface area contributed by atoms with Crippen LogP contribution in [0, 0.1) is 29.0 Å². The van der Waals surface area contributed by atoms with E-state index >= 15 is 4.39 Å². The lowest BCUT2D eigenvalue weighted by atomic mass is 9.47. The molecule has 3 aromatic carbocycles. The van der Waals surface area contributed by atoms with E-state index in [9.17, 15) is 14.7 Å². The van der Waals surface area contributed by atoms with E-state index in [-0.39, 0.29) is 23.6 Å². The smallest absolute Gasteiger partial charge is 0.326 e. The molecule has 9 rings (SSSR count). The highest BCUT2D eigenvalue weighted by atomic mass is 19.1. The van der Waals surface area contributed by atoms with Crippen molar-refractivity contribution in [1.82, 2.24) is 9.47 Å². The maximum absolute atomic E-state index is 15.0. The Morgan fingerprint density at radius 2 is 1.47 bits per heavy atom. The molecule has 0 radical (unpaired) electrons. The van der Waals surface area contributed by atoms with Crippen LogP contribution >= 0.6 is 0 Å². The molecule has 45 heavy (non-hydrogen) atoms. The summed E-state index contributed by atoms with van der Waals surface area (Å²) in [5.74, 6) is 0.573. The molecule has 5 nitrogen and oxygen atoms in total. The highest BCUT2D eigenvalue weighted by Gasteiger charge is 2.59. The first kappa shape index (κ1) is 28.5. The van der Waals surface area contributed by atoms with E-state index < -0.39 is 17.6 Å². The molecule has 4 bridgehead atoms. The fourth-order valence-electron chi connectivity index (χ4n) is 10.9. The SMILES string of the molecule is CC(=O)N1[C@H](C(=O)O)Cc2c(n(Cc3ccccc3)c3ccc(F)cc23)[C@]1(Cc1ccccc1)CC12CC3CC(CC(C3)C1)C2. The number of amides is 1. The summed E-state index contributed by atoms with van der Waals surface area (Å²) in [5.41, 5.74) is 4.08. The van der Waals surface area contributed by atoms with Crippen molar-refractivity contribution in [2.45, 2.75) is 82.8 Å². The molecule has 0 saturated heterocycles.